The number of nitrogens with zero attached hydrogens (tertiary/aromatic N) is 4. The van der Waals surface area contributed by atoms with E-state index in [4.69, 9.17) is 4.74 Å². The number of carbonyl (C=O) groups excluding carboxylic acids is 2. The lowest BCUT2D eigenvalue weighted by atomic mass is 10.00. The number of para-hydroxylation sites is 1. The van der Waals surface area contributed by atoms with Gasteiger partial charge in [0, 0.05) is 24.6 Å². The van der Waals surface area contributed by atoms with Gasteiger partial charge in [0.05, 0.1) is 13.1 Å². The van der Waals surface area contributed by atoms with E-state index in [0.717, 1.165) is 12.1 Å². The van der Waals surface area contributed by atoms with Gasteiger partial charge in [-0.3, -0.25) is 14.3 Å². The van der Waals surface area contributed by atoms with Crippen molar-refractivity contribution in [1.82, 2.24) is 14.7 Å². The molecule has 2 fully saturated rings. The molecule has 2 aliphatic heterocycles. The molecule has 0 N–H and O–H groups in total. The number of amides is 2. The van der Waals surface area contributed by atoms with E-state index >= 15 is 0 Å². The molecular formula is C18H20N4O3. The summed E-state index contributed by atoms with van der Waals surface area (Å²) in [6.07, 6.45) is 4.16. The number of anilines is 1. The van der Waals surface area contributed by atoms with Crippen LogP contribution in [0.1, 0.15) is 6.42 Å². The van der Waals surface area contributed by atoms with Gasteiger partial charge in [-0.1, -0.05) is 18.2 Å². The minimum Gasteiger partial charge on any atom is -0.361 e. The maximum absolute atomic E-state index is 12.5. The summed E-state index contributed by atoms with van der Waals surface area (Å²) in [5, 5.41) is 4.08. The molecule has 0 bridgehead atoms. The third-order valence-corrected chi connectivity index (χ3v) is 4.84. The summed E-state index contributed by atoms with van der Waals surface area (Å²) in [4.78, 5) is 28.3. The van der Waals surface area contributed by atoms with Crippen LogP contribution in [-0.4, -0.2) is 58.3 Å². The number of likely N-dealkylation sites (tertiary alicyclic amines) is 1. The molecule has 1 aromatic carbocycles. The Labute approximate surface area is 145 Å². The van der Waals surface area contributed by atoms with E-state index in [1.807, 2.05) is 30.3 Å². The van der Waals surface area contributed by atoms with Crippen LogP contribution in [0.4, 0.5) is 5.69 Å². The van der Waals surface area contributed by atoms with Gasteiger partial charge in [-0.15, -0.1) is 0 Å². The standard InChI is InChI=1S/C18H20N4O3/c23-16(11-21-9-4-8-19-21)20-10-7-18(13-20)14-22(17(24)12-25-18)15-5-2-1-3-6-15/h1-6,8-9H,7,10-14H2. The minimum atomic E-state index is -0.483. The van der Waals surface area contributed by atoms with Crippen molar-refractivity contribution in [3.8, 4) is 0 Å². The zero-order valence-electron chi connectivity index (χ0n) is 13.9. The van der Waals surface area contributed by atoms with Gasteiger partial charge in [0.15, 0.2) is 0 Å². The first-order valence-electron chi connectivity index (χ1n) is 8.40. The summed E-state index contributed by atoms with van der Waals surface area (Å²) in [6, 6.07) is 11.4. The van der Waals surface area contributed by atoms with Crippen LogP contribution in [0, 0.1) is 0 Å². The molecular weight excluding hydrogens is 320 g/mol. The predicted molar refractivity (Wildman–Crippen MR) is 90.9 cm³/mol. The summed E-state index contributed by atoms with van der Waals surface area (Å²) < 4.78 is 7.52. The monoisotopic (exact) mass is 340 g/mol. The van der Waals surface area contributed by atoms with Gasteiger partial charge in [-0.05, 0) is 24.6 Å². The Morgan fingerprint density at radius 3 is 2.80 bits per heavy atom. The van der Waals surface area contributed by atoms with Crippen molar-refractivity contribution >= 4 is 17.5 Å². The molecule has 2 aliphatic rings. The van der Waals surface area contributed by atoms with Crippen molar-refractivity contribution in [1.29, 1.82) is 0 Å². The SMILES string of the molecule is O=C(Cn1cccn1)N1CCC2(C1)CN(c1ccccc1)C(=O)CO2. The van der Waals surface area contributed by atoms with Crippen molar-refractivity contribution in [2.45, 2.75) is 18.6 Å². The van der Waals surface area contributed by atoms with Gasteiger partial charge >= 0.3 is 0 Å². The van der Waals surface area contributed by atoms with Crippen molar-refractivity contribution in [3.05, 3.63) is 48.8 Å². The molecule has 1 atom stereocenters. The maximum atomic E-state index is 12.5. The number of benzene rings is 1. The Morgan fingerprint density at radius 2 is 2.04 bits per heavy atom. The van der Waals surface area contributed by atoms with Crippen LogP contribution in [0.2, 0.25) is 0 Å². The number of hydrogen-bond acceptors (Lipinski definition) is 4. The zero-order chi connectivity index (χ0) is 17.3. The minimum absolute atomic E-state index is 0.0207. The third-order valence-electron chi connectivity index (χ3n) is 4.84. The van der Waals surface area contributed by atoms with Crippen molar-refractivity contribution in [2.24, 2.45) is 0 Å². The smallest absolute Gasteiger partial charge is 0.253 e. The van der Waals surface area contributed by atoms with Crippen molar-refractivity contribution in [3.63, 3.8) is 0 Å². The number of morpholine rings is 1. The Morgan fingerprint density at radius 1 is 1.20 bits per heavy atom. The third kappa shape index (κ3) is 3.15. The molecule has 1 aromatic heterocycles. The number of ether oxygens (including phenoxy) is 1. The predicted octanol–water partition coefficient (Wildman–Crippen LogP) is 0.918. The molecule has 1 spiro atoms. The number of aromatic nitrogens is 2. The highest BCUT2D eigenvalue weighted by atomic mass is 16.5. The van der Waals surface area contributed by atoms with E-state index in [0.29, 0.717) is 19.6 Å². The molecule has 0 saturated carbocycles. The lowest BCUT2D eigenvalue weighted by Crippen LogP contribution is -2.56. The Hall–Kier alpha value is -2.67. The molecule has 1 unspecified atom stereocenters. The lowest BCUT2D eigenvalue weighted by molar-refractivity contribution is -0.139. The Bertz CT molecular complexity index is 762. The largest absolute Gasteiger partial charge is 0.361 e. The van der Waals surface area contributed by atoms with E-state index in [2.05, 4.69) is 5.10 Å². The Balaban J connectivity index is 1.46. The molecule has 0 radical (unpaired) electrons. The molecule has 0 aliphatic carbocycles. The molecule has 4 rings (SSSR count). The molecule has 2 aromatic rings. The van der Waals surface area contributed by atoms with Crippen LogP contribution in [0.3, 0.4) is 0 Å². The number of hydrogen-bond donors (Lipinski definition) is 0. The van der Waals surface area contributed by atoms with Crippen molar-refractivity contribution in [2.75, 3.05) is 31.1 Å². The lowest BCUT2D eigenvalue weighted by Gasteiger charge is -2.40. The normalized spacial score (nSPS) is 23.4. The van der Waals surface area contributed by atoms with Gasteiger partial charge in [-0.2, -0.15) is 5.10 Å². The van der Waals surface area contributed by atoms with E-state index in [-0.39, 0.29) is 25.0 Å². The highest BCUT2D eigenvalue weighted by Crippen LogP contribution is 2.32. The summed E-state index contributed by atoms with van der Waals surface area (Å²) in [7, 11) is 0. The van der Waals surface area contributed by atoms with Crippen LogP contribution >= 0.6 is 0 Å². The summed E-state index contributed by atoms with van der Waals surface area (Å²) in [5.74, 6) is -0.0227. The van der Waals surface area contributed by atoms with Crippen LogP contribution in [0.25, 0.3) is 0 Å². The fourth-order valence-electron chi connectivity index (χ4n) is 3.49. The molecule has 3 heterocycles. The maximum Gasteiger partial charge on any atom is 0.253 e. The average Bonchev–Trinajstić information content (AvgIpc) is 3.28. The molecule has 2 saturated heterocycles. The second-order valence-corrected chi connectivity index (χ2v) is 6.56. The second kappa shape index (κ2) is 6.33. The fourth-order valence-corrected chi connectivity index (χ4v) is 3.49. The van der Waals surface area contributed by atoms with Crippen LogP contribution in [0.15, 0.2) is 48.8 Å². The van der Waals surface area contributed by atoms with Gasteiger partial charge in [-0.25, -0.2) is 0 Å². The van der Waals surface area contributed by atoms with Crippen LogP contribution in [-0.2, 0) is 20.9 Å². The first kappa shape index (κ1) is 15.8. The number of carbonyl (C=O) groups is 2. The van der Waals surface area contributed by atoms with E-state index in [1.54, 1.807) is 32.9 Å². The zero-order valence-corrected chi connectivity index (χ0v) is 13.9. The van der Waals surface area contributed by atoms with Gasteiger partial charge in [0.25, 0.3) is 5.91 Å². The molecule has 130 valence electrons. The van der Waals surface area contributed by atoms with E-state index in [1.165, 1.54) is 0 Å². The topological polar surface area (TPSA) is 67.7 Å². The summed E-state index contributed by atoms with van der Waals surface area (Å²) in [5.41, 5.74) is 0.389. The average molecular weight is 340 g/mol. The molecule has 7 nitrogen and oxygen atoms in total. The quantitative estimate of drug-likeness (QED) is 0.833. The van der Waals surface area contributed by atoms with Gasteiger partial charge < -0.3 is 14.5 Å². The Kier molecular flexibility index (Phi) is 4.01. The highest BCUT2D eigenvalue weighted by molar-refractivity contribution is 5.95. The van der Waals surface area contributed by atoms with E-state index < -0.39 is 5.60 Å². The number of rotatable bonds is 3. The van der Waals surface area contributed by atoms with E-state index in [9.17, 15) is 9.59 Å². The second-order valence-electron chi connectivity index (χ2n) is 6.56. The fraction of sp³-hybridized carbons (Fsp3) is 0.389. The first-order valence-corrected chi connectivity index (χ1v) is 8.40. The van der Waals surface area contributed by atoms with Crippen LogP contribution in [0.5, 0.6) is 0 Å². The van der Waals surface area contributed by atoms with Crippen LogP contribution < -0.4 is 4.90 Å². The highest BCUT2D eigenvalue weighted by Gasteiger charge is 2.46. The first-order chi connectivity index (χ1) is 12.2. The van der Waals surface area contributed by atoms with Crippen molar-refractivity contribution < 1.29 is 14.3 Å². The van der Waals surface area contributed by atoms with Gasteiger partial charge in [0.2, 0.25) is 5.91 Å². The molecule has 2 amide bonds. The van der Waals surface area contributed by atoms with Gasteiger partial charge in [0.1, 0.15) is 18.8 Å². The molecule has 7 heteroatoms. The summed E-state index contributed by atoms with van der Waals surface area (Å²) in [6.45, 7) is 1.89. The summed E-state index contributed by atoms with van der Waals surface area (Å²) >= 11 is 0. The molecule has 25 heavy (non-hydrogen) atoms.